The minimum Gasteiger partial charge on any atom is -0.496 e. The molecule has 3 amide bonds. The number of hydrazone groups is 1. The lowest BCUT2D eigenvalue weighted by Gasteiger charge is -2.11. The number of esters is 1. The Labute approximate surface area is 185 Å². The second-order valence-corrected chi connectivity index (χ2v) is 6.92. The van der Waals surface area contributed by atoms with Gasteiger partial charge in [-0.2, -0.15) is 5.10 Å². The highest BCUT2D eigenvalue weighted by atomic mass is 16.5. The van der Waals surface area contributed by atoms with E-state index in [1.165, 1.54) is 18.2 Å². The van der Waals surface area contributed by atoms with Gasteiger partial charge in [0.1, 0.15) is 5.75 Å². The Morgan fingerprint density at radius 2 is 1.72 bits per heavy atom. The van der Waals surface area contributed by atoms with Crippen molar-refractivity contribution in [2.45, 2.75) is 19.3 Å². The van der Waals surface area contributed by atoms with Crippen LogP contribution < -0.4 is 10.1 Å². The molecule has 9 heteroatoms. The van der Waals surface area contributed by atoms with Crippen LogP contribution in [0, 0.1) is 0 Å². The Kier molecular flexibility index (Phi) is 7.69. The number of methoxy groups -OCH3 is 1. The molecule has 1 aliphatic heterocycles. The van der Waals surface area contributed by atoms with Gasteiger partial charge in [-0.05, 0) is 17.7 Å². The maximum atomic E-state index is 12.3. The molecule has 0 aliphatic carbocycles. The maximum absolute atomic E-state index is 12.3. The average molecular weight is 437 g/mol. The van der Waals surface area contributed by atoms with Crippen molar-refractivity contribution in [3.8, 4) is 5.75 Å². The molecule has 2 aromatic rings. The van der Waals surface area contributed by atoms with Crippen molar-refractivity contribution in [1.29, 1.82) is 0 Å². The minimum atomic E-state index is -0.780. The fourth-order valence-electron chi connectivity index (χ4n) is 3.09. The van der Waals surface area contributed by atoms with Crippen LogP contribution in [0.4, 0.5) is 0 Å². The van der Waals surface area contributed by atoms with Crippen molar-refractivity contribution in [1.82, 2.24) is 10.3 Å². The van der Waals surface area contributed by atoms with Crippen molar-refractivity contribution in [2.75, 3.05) is 20.3 Å². The van der Waals surface area contributed by atoms with Crippen LogP contribution in [0.15, 0.2) is 59.7 Å². The van der Waals surface area contributed by atoms with Crippen LogP contribution in [0.2, 0.25) is 0 Å². The molecule has 2 aromatic carbocycles. The third kappa shape index (κ3) is 6.00. The number of para-hydroxylation sites is 1. The van der Waals surface area contributed by atoms with Gasteiger partial charge in [0.25, 0.3) is 11.8 Å². The molecule has 0 unspecified atom stereocenters. The molecule has 0 spiro atoms. The van der Waals surface area contributed by atoms with Gasteiger partial charge < -0.3 is 9.47 Å². The molecule has 1 N–H and O–H groups in total. The number of hydrogen-bond acceptors (Lipinski definition) is 7. The van der Waals surface area contributed by atoms with Crippen molar-refractivity contribution in [3.05, 3.63) is 65.7 Å². The molecule has 166 valence electrons. The zero-order valence-electron chi connectivity index (χ0n) is 17.6. The van der Waals surface area contributed by atoms with Gasteiger partial charge >= 0.3 is 5.97 Å². The van der Waals surface area contributed by atoms with Gasteiger partial charge in [0.05, 0.1) is 31.4 Å². The Morgan fingerprint density at radius 1 is 1.00 bits per heavy atom. The summed E-state index contributed by atoms with van der Waals surface area (Å²) in [4.78, 5) is 48.3. The van der Waals surface area contributed by atoms with E-state index in [9.17, 15) is 19.2 Å². The first kappa shape index (κ1) is 22.7. The zero-order valence-corrected chi connectivity index (χ0v) is 17.6. The topological polar surface area (TPSA) is 114 Å². The van der Waals surface area contributed by atoms with E-state index >= 15 is 0 Å². The molecule has 0 fully saturated rings. The molecule has 1 aliphatic rings. The third-order valence-electron chi connectivity index (χ3n) is 4.71. The summed E-state index contributed by atoms with van der Waals surface area (Å²) < 4.78 is 9.93. The number of imide groups is 1. The lowest BCUT2D eigenvalue weighted by molar-refractivity contribution is -0.149. The highest BCUT2D eigenvalue weighted by Crippen LogP contribution is 2.17. The molecule has 0 bridgehead atoms. The Hall–Kier alpha value is -4.01. The fraction of sp³-hybridized carbons (Fsp3) is 0.261. The second kappa shape index (κ2) is 10.9. The largest absolute Gasteiger partial charge is 0.496 e. The van der Waals surface area contributed by atoms with Gasteiger partial charge in [-0.25, -0.2) is 5.01 Å². The number of nitrogens with one attached hydrogen (secondary N) is 1. The molecule has 0 atom stereocenters. The van der Waals surface area contributed by atoms with Crippen molar-refractivity contribution in [3.63, 3.8) is 0 Å². The number of carbonyl (C=O) groups excluding carboxylic acids is 4. The summed E-state index contributed by atoms with van der Waals surface area (Å²) in [6.45, 7) is -0.181. The first-order valence-corrected chi connectivity index (χ1v) is 10.0. The van der Waals surface area contributed by atoms with Crippen molar-refractivity contribution in [2.24, 2.45) is 5.10 Å². The first-order chi connectivity index (χ1) is 15.5. The molecule has 1 heterocycles. The number of rotatable bonds is 8. The quantitative estimate of drug-likeness (QED) is 0.631. The number of amides is 3. The molecule has 9 nitrogen and oxygen atoms in total. The van der Waals surface area contributed by atoms with E-state index in [0.717, 1.165) is 11.3 Å². The van der Waals surface area contributed by atoms with Crippen LogP contribution in [-0.2, 0) is 19.1 Å². The van der Waals surface area contributed by atoms with Gasteiger partial charge in [0.2, 0.25) is 5.91 Å². The summed E-state index contributed by atoms with van der Waals surface area (Å²) in [5.41, 5.74) is 1.95. The fourth-order valence-corrected chi connectivity index (χ4v) is 3.09. The van der Waals surface area contributed by atoms with E-state index < -0.39 is 24.4 Å². The van der Waals surface area contributed by atoms with E-state index in [1.807, 2.05) is 30.3 Å². The van der Waals surface area contributed by atoms with Gasteiger partial charge in [-0.1, -0.05) is 42.5 Å². The molecule has 0 saturated carbocycles. The van der Waals surface area contributed by atoms with E-state index in [0.29, 0.717) is 18.7 Å². The van der Waals surface area contributed by atoms with Crippen LogP contribution >= 0.6 is 0 Å². The summed E-state index contributed by atoms with van der Waals surface area (Å²) in [6, 6.07) is 16.0. The van der Waals surface area contributed by atoms with E-state index in [4.69, 9.17) is 9.47 Å². The molecule has 32 heavy (non-hydrogen) atoms. The molecule has 0 aromatic heterocycles. The summed E-state index contributed by atoms with van der Waals surface area (Å²) in [5, 5.41) is 7.79. The normalized spacial score (nSPS) is 12.7. The van der Waals surface area contributed by atoms with Gasteiger partial charge in [-0.15, -0.1) is 0 Å². The molecule has 0 radical (unpaired) electrons. The van der Waals surface area contributed by atoms with Crippen LogP contribution in [-0.4, -0.2) is 54.7 Å². The summed E-state index contributed by atoms with van der Waals surface area (Å²) >= 11 is 0. The molecule has 0 saturated heterocycles. The van der Waals surface area contributed by atoms with Gasteiger partial charge in [-0.3, -0.25) is 24.5 Å². The van der Waals surface area contributed by atoms with Crippen LogP contribution in [0.1, 0.15) is 35.2 Å². The predicted octanol–water partition coefficient (Wildman–Crippen LogP) is 1.91. The summed E-state index contributed by atoms with van der Waals surface area (Å²) in [7, 11) is 1.41. The SMILES string of the molecule is COc1ccccc1C(=O)NC(=O)COC(=O)CCC(=O)N1CCC(c2ccccc2)=N1. The summed E-state index contributed by atoms with van der Waals surface area (Å²) in [5.74, 6) is -2.15. The lowest BCUT2D eigenvalue weighted by atomic mass is 10.1. The number of nitrogens with zero attached hydrogens (tertiary/aromatic N) is 2. The first-order valence-electron chi connectivity index (χ1n) is 10.0. The molecule has 3 rings (SSSR count). The maximum Gasteiger partial charge on any atom is 0.306 e. The van der Waals surface area contributed by atoms with Crippen LogP contribution in [0.3, 0.4) is 0 Å². The number of hydrogen-bond donors (Lipinski definition) is 1. The molecular formula is C23H23N3O6. The number of ether oxygens (including phenoxy) is 2. The van der Waals surface area contributed by atoms with Gasteiger partial charge in [0, 0.05) is 12.8 Å². The van der Waals surface area contributed by atoms with E-state index in [2.05, 4.69) is 10.4 Å². The Balaban J connectivity index is 1.40. The second-order valence-electron chi connectivity index (χ2n) is 6.92. The Bertz CT molecular complexity index is 1040. The Morgan fingerprint density at radius 3 is 2.47 bits per heavy atom. The smallest absolute Gasteiger partial charge is 0.306 e. The third-order valence-corrected chi connectivity index (χ3v) is 4.71. The zero-order chi connectivity index (χ0) is 22.9. The summed E-state index contributed by atoms with van der Waals surface area (Å²) in [6.07, 6.45) is 0.353. The van der Waals surface area contributed by atoms with Crippen molar-refractivity contribution < 1.29 is 28.7 Å². The van der Waals surface area contributed by atoms with Crippen LogP contribution in [0.5, 0.6) is 5.75 Å². The average Bonchev–Trinajstić information content (AvgIpc) is 3.32. The lowest BCUT2D eigenvalue weighted by Crippen LogP contribution is -2.34. The van der Waals surface area contributed by atoms with Gasteiger partial charge in [0.15, 0.2) is 6.61 Å². The highest BCUT2D eigenvalue weighted by Gasteiger charge is 2.22. The standard InChI is InChI=1S/C23H23N3O6/c1-31-19-10-6-5-9-17(19)23(30)24-20(27)15-32-22(29)12-11-21(28)26-14-13-18(25-26)16-7-3-2-4-8-16/h2-10H,11-15H2,1H3,(H,24,27,30). The minimum absolute atomic E-state index is 0.0911. The van der Waals surface area contributed by atoms with E-state index in [1.54, 1.807) is 18.2 Å². The monoisotopic (exact) mass is 437 g/mol. The number of benzene rings is 2. The highest BCUT2D eigenvalue weighted by molar-refractivity contribution is 6.06. The number of carbonyl (C=O) groups is 4. The predicted molar refractivity (Wildman–Crippen MR) is 115 cm³/mol. The van der Waals surface area contributed by atoms with Crippen LogP contribution in [0.25, 0.3) is 0 Å². The van der Waals surface area contributed by atoms with E-state index in [-0.39, 0.29) is 24.3 Å². The molecular weight excluding hydrogens is 414 g/mol. The van der Waals surface area contributed by atoms with Crippen molar-refractivity contribution >= 4 is 29.4 Å².